The zero-order valence-corrected chi connectivity index (χ0v) is 17.1. The number of rotatable bonds is 3. The fraction of sp³-hybridized carbons (Fsp3) is 0.211. The number of aryl methyl sites for hydroxylation is 1. The summed E-state index contributed by atoms with van der Waals surface area (Å²) in [6.07, 6.45) is 0. The predicted molar refractivity (Wildman–Crippen MR) is 109 cm³/mol. The number of nitrogens with one attached hydrogen (secondary N) is 1. The Morgan fingerprint density at radius 2 is 1.67 bits per heavy atom. The van der Waals surface area contributed by atoms with Crippen LogP contribution in [-0.2, 0) is 6.54 Å². The Hall–Kier alpha value is -1.59. The van der Waals surface area contributed by atoms with Crippen LogP contribution in [0.15, 0.2) is 51.4 Å². The number of benzene rings is 2. The summed E-state index contributed by atoms with van der Waals surface area (Å²) >= 11 is 6.83. The molecule has 3 rings (SSSR count). The number of phenols is 1. The summed E-state index contributed by atoms with van der Waals surface area (Å²) in [6.45, 7) is 6.66. The minimum atomic E-state index is 0.162. The molecule has 1 heterocycles. The molecule has 0 saturated heterocycles. The maximum Gasteiger partial charge on any atom is 0.156 e. The van der Waals surface area contributed by atoms with Crippen molar-refractivity contribution in [2.75, 3.05) is 5.32 Å². The highest BCUT2D eigenvalue weighted by Gasteiger charge is 2.10. The van der Waals surface area contributed by atoms with Gasteiger partial charge in [0.1, 0.15) is 5.52 Å². The molecule has 0 aliphatic carbocycles. The van der Waals surface area contributed by atoms with Gasteiger partial charge in [0.05, 0.1) is 16.7 Å². The van der Waals surface area contributed by atoms with Gasteiger partial charge in [0.25, 0.3) is 0 Å². The molecule has 0 fully saturated rings. The number of fused-ring (bicyclic) bond motifs is 1. The third-order valence-corrected chi connectivity index (χ3v) is 4.70. The van der Waals surface area contributed by atoms with Gasteiger partial charge in [0.2, 0.25) is 0 Å². The van der Waals surface area contributed by atoms with Gasteiger partial charge in [-0.15, -0.1) is 0 Å². The van der Waals surface area contributed by atoms with E-state index in [9.17, 15) is 5.11 Å². The predicted octanol–water partition coefficient (Wildman–Crippen LogP) is 6.41. The maximum absolute atomic E-state index is 10.2. The first-order valence-electron chi connectivity index (χ1n) is 7.82. The van der Waals surface area contributed by atoms with E-state index in [4.69, 9.17) is 0 Å². The Bertz CT molecular complexity index is 833. The van der Waals surface area contributed by atoms with Gasteiger partial charge < -0.3 is 10.4 Å². The number of nitrogens with zero attached hydrogens (tertiary/aromatic N) is 1. The first-order chi connectivity index (χ1) is 11.5. The Balaban J connectivity index is 0.00000100. The van der Waals surface area contributed by atoms with Crippen LogP contribution < -0.4 is 5.32 Å². The van der Waals surface area contributed by atoms with Crippen LogP contribution in [0.3, 0.4) is 0 Å². The average molecular weight is 452 g/mol. The minimum Gasteiger partial charge on any atom is -0.505 e. The first kappa shape index (κ1) is 18.7. The summed E-state index contributed by atoms with van der Waals surface area (Å²) in [4.78, 5) is 4.56. The largest absolute Gasteiger partial charge is 0.505 e. The molecule has 24 heavy (non-hydrogen) atoms. The molecular formula is C19H20Br2N2O. The highest BCUT2D eigenvalue weighted by molar-refractivity contribution is 9.11. The van der Waals surface area contributed by atoms with E-state index in [1.807, 2.05) is 44.2 Å². The van der Waals surface area contributed by atoms with Crippen molar-refractivity contribution >= 4 is 48.5 Å². The lowest BCUT2D eigenvalue weighted by Crippen LogP contribution is -2.01. The van der Waals surface area contributed by atoms with E-state index in [-0.39, 0.29) is 5.75 Å². The van der Waals surface area contributed by atoms with Crippen LogP contribution in [0.1, 0.15) is 25.1 Å². The van der Waals surface area contributed by atoms with Crippen LogP contribution in [0, 0.1) is 6.92 Å². The summed E-state index contributed by atoms with van der Waals surface area (Å²) in [5.41, 5.74) is 3.74. The Labute approximate surface area is 159 Å². The number of pyridine rings is 1. The molecule has 126 valence electrons. The van der Waals surface area contributed by atoms with Crippen molar-refractivity contribution in [1.82, 2.24) is 4.98 Å². The molecular weight excluding hydrogens is 432 g/mol. The van der Waals surface area contributed by atoms with Crippen LogP contribution in [0.25, 0.3) is 10.9 Å². The van der Waals surface area contributed by atoms with Crippen LogP contribution >= 0.6 is 31.9 Å². The van der Waals surface area contributed by atoms with Crippen LogP contribution in [0.2, 0.25) is 0 Å². The fourth-order valence-corrected chi connectivity index (χ4v) is 3.48. The van der Waals surface area contributed by atoms with Crippen molar-refractivity contribution in [2.24, 2.45) is 0 Å². The summed E-state index contributed by atoms with van der Waals surface area (Å²) in [6, 6.07) is 14.0. The molecule has 2 N–H and O–H groups in total. The standard InChI is InChI=1S/C17H14Br2N2O.C2H6/c1-10-2-4-11(5-3-10)20-9-12-6-7-13-14(18)8-15(19)17(22)16(13)21-12;1-2/h2-8,20,22H,9H2,1H3;1-2H3. The zero-order valence-electron chi connectivity index (χ0n) is 13.9. The maximum atomic E-state index is 10.2. The molecule has 2 aromatic carbocycles. The molecule has 0 saturated carbocycles. The third-order valence-electron chi connectivity index (χ3n) is 3.44. The lowest BCUT2D eigenvalue weighted by Gasteiger charge is -2.09. The molecule has 0 unspecified atom stereocenters. The normalized spacial score (nSPS) is 10.2. The quantitative estimate of drug-likeness (QED) is 0.483. The molecule has 0 bridgehead atoms. The highest BCUT2D eigenvalue weighted by Crippen LogP contribution is 2.36. The fourth-order valence-electron chi connectivity index (χ4n) is 2.21. The number of anilines is 1. The Kier molecular flexibility index (Phi) is 6.63. The molecule has 0 spiro atoms. The second-order valence-electron chi connectivity index (χ2n) is 5.11. The van der Waals surface area contributed by atoms with Gasteiger partial charge in [0, 0.05) is 15.5 Å². The number of phenolic OH excluding ortho intramolecular Hbond substituents is 1. The molecule has 0 radical (unpaired) electrons. The number of hydrogen-bond acceptors (Lipinski definition) is 3. The topological polar surface area (TPSA) is 45.1 Å². The number of halogens is 2. The van der Waals surface area contributed by atoms with E-state index in [2.05, 4.69) is 61.2 Å². The number of aromatic nitrogens is 1. The zero-order chi connectivity index (χ0) is 17.7. The second kappa shape index (κ2) is 8.49. The van der Waals surface area contributed by atoms with E-state index < -0.39 is 0 Å². The smallest absolute Gasteiger partial charge is 0.156 e. The van der Waals surface area contributed by atoms with Crippen molar-refractivity contribution < 1.29 is 5.11 Å². The van der Waals surface area contributed by atoms with Gasteiger partial charge in [-0.2, -0.15) is 0 Å². The average Bonchev–Trinajstić information content (AvgIpc) is 2.61. The minimum absolute atomic E-state index is 0.162. The Morgan fingerprint density at radius 3 is 2.33 bits per heavy atom. The van der Waals surface area contributed by atoms with Crippen molar-refractivity contribution in [3.63, 3.8) is 0 Å². The molecule has 0 aliphatic heterocycles. The van der Waals surface area contributed by atoms with Gasteiger partial charge in [-0.1, -0.05) is 47.5 Å². The SMILES string of the molecule is CC.Cc1ccc(NCc2ccc3c(Br)cc(Br)c(O)c3n2)cc1. The molecule has 5 heteroatoms. The Morgan fingerprint density at radius 1 is 1.00 bits per heavy atom. The molecule has 1 aromatic heterocycles. The van der Waals surface area contributed by atoms with Crippen LogP contribution in [0.4, 0.5) is 5.69 Å². The summed E-state index contributed by atoms with van der Waals surface area (Å²) in [5, 5.41) is 14.4. The lowest BCUT2D eigenvalue weighted by atomic mass is 10.2. The first-order valence-corrected chi connectivity index (χ1v) is 9.40. The third kappa shape index (κ3) is 4.28. The van der Waals surface area contributed by atoms with Crippen molar-refractivity contribution in [2.45, 2.75) is 27.3 Å². The van der Waals surface area contributed by atoms with Gasteiger partial charge in [-0.05, 0) is 53.2 Å². The molecule has 3 aromatic rings. The molecule has 0 amide bonds. The summed E-state index contributed by atoms with van der Waals surface area (Å²) in [5.74, 6) is 0.162. The van der Waals surface area contributed by atoms with Gasteiger partial charge in [0.15, 0.2) is 5.75 Å². The molecule has 0 aliphatic rings. The van der Waals surface area contributed by atoms with Gasteiger partial charge in [-0.25, -0.2) is 4.98 Å². The summed E-state index contributed by atoms with van der Waals surface area (Å²) in [7, 11) is 0. The van der Waals surface area contributed by atoms with E-state index in [1.54, 1.807) is 0 Å². The highest BCUT2D eigenvalue weighted by atomic mass is 79.9. The number of aromatic hydroxyl groups is 1. The van der Waals surface area contributed by atoms with Crippen molar-refractivity contribution in [1.29, 1.82) is 0 Å². The summed E-state index contributed by atoms with van der Waals surface area (Å²) < 4.78 is 1.53. The second-order valence-corrected chi connectivity index (χ2v) is 6.82. The molecule has 0 atom stereocenters. The van der Waals surface area contributed by atoms with Crippen LogP contribution in [-0.4, -0.2) is 10.1 Å². The number of hydrogen-bond donors (Lipinski definition) is 2. The lowest BCUT2D eigenvalue weighted by molar-refractivity contribution is 0.477. The van der Waals surface area contributed by atoms with Crippen molar-refractivity contribution in [3.8, 4) is 5.75 Å². The van der Waals surface area contributed by atoms with Gasteiger partial charge >= 0.3 is 0 Å². The molecule has 3 nitrogen and oxygen atoms in total. The van der Waals surface area contributed by atoms with E-state index in [1.165, 1.54) is 5.56 Å². The monoisotopic (exact) mass is 450 g/mol. The van der Waals surface area contributed by atoms with E-state index in [0.717, 1.165) is 21.2 Å². The van der Waals surface area contributed by atoms with E-state index in [0.29, 0.717) is 16.5 Å². The van der Waals surface area contributed by atoms with Crippen molar-refractivity contribution in [3.05, 3.63) is 62.7 Å². The van der Waals surface area contributed by atoms with Gasteiger partial charge in [-0.3, -0.25) is 0 Å². The van der Waals surface area contributed by atoms with E-state index >= 15 is 0 Å². The van der Waals surface area contributed by atoms with Crippen LogP contribution in [0.5, 0.6) is 5.75 Å².